The maximum absolute atomic E-state index is 14.7. The number of aromatic hydroxyl groups is 1. The lowest BCUT2D eigenvalue weighted by molar-refractivity contribution is -0.912. The number of ether oxygens (including phenoxy) is 3. The minimum Gasteiger partial charge on any atom is -0.507 e. The number of likely N-dealkylation sites (N-methyl/N-ethyl adjacent to an activating group) is 2. The molecule has 0 bridgehead atoms. The van der Waals surface area contributed by atoms with Crippen LogP contribution < -0.4 is 19.6 Å². The molecule has 0 aliphatic heterocycles. The van der Waals surface area contributed by atoms with Gasteiger partial charge in [0.1, 0.15) is 66.6 Å². The number of aliphatic hydroxyl groups is 2. The second-order valence-electron chi connectivity index (χ2n) is 17.6. The molecule has 10 heteroatoms. The molecular formula is C48H78N2O8+2. The van der Waals surface area contributed by atoms with E-state index < -0.39 is 12.2 Å². The van der Waals surface area contributed by atoms with Crippen molar-refractivity contribution in [1.29, 1.82) is 0 Å². The molecule has 2 unspecified atom stereocenters. The molecule has 0 saturated carbocycles. The highest BCUT2D eigenvalue weighted by Crippen LogP contribution is 2.42. The highest BCUT2D eigenvalue weighted by atomic mass is 16.5. The zero-order chi connectivity index (χ0) is 43.0. The van der Waals surface area contributed by atoms with Crippen LogP contribution >= 0.6 is 0 Å². The zero-order valence-corrected chi connectivity index (χ0v) is 38.0. The van der Waals surface area contributed by atoms with Gasteiger partial charge in [0, 0.05) is 23.3 Å². The number of hydrogen-bond donors (Lipinski definition) is 3. The van der Waals surface area contributed by atoms with Gasteiger partial charge in [0.2, 0.25) is 5.43 Å². The van der Waals surface area contributed by atoms with E-state index in [1.165, 1.54) is 0 Å². The topological polar surface area (TPSA) is 119 Å². The number of phenolic OH excluding ortho intramolecular Hbond substituents is 1. The number of methoxy groups -OCH3 is 1. The number of rotatable bonds is 27. The fourth-order valence-corrected chi connectivity index (χ4v) is 7.91. The van der Waals surface area contributed by atoms with E-state index in [0.717, 1.165) is 97.7 Å². The van der Waals surface area contributed by atoms with E-state index in [2.05, 4.69) is 41.8 Å². The van der Waals surface area contributed by atoms with Crippen molar-refractivity contribution in [2.45, 2.75) is 132 Å². The molecule has 3 aromatic rings. The molecule has 326 valence electrons. The normalized spacial score (nSPS) is 13.1. The number of aliphatic hydroxyl groups excluding tert-OH is 2. The van der Waals surface area contributed by atoms with Crippen molar-refractivity contribution in [3.8, 4) is 23.0 Å². The number of phenols is 1. The first-order chi connectivity index (χ1) is 27.5. The Morgan fingerprint density at radius 3 is 1.53 bits per heavy atom. The molecule has 2 aromatic carbocycles. The molecule has 3 N–H and O–H groups in total. The Balaban J connectivity index is 2.16. The van der Waals surface area contributed by atoms with E-state index in [4.69, 9.17) is 18.6 Å². The van der Waals surface area contributed by atoms with Crippen LogP contribution in [0.25, 0.3) is 21.9 Å². The molecule has 0 aliphatic rings. The van der Waals surface area contributed by atoms with E-state index in [-0.39, 0.29) is 40.9 Å². The first-order valence-electron chi connectivity index (χ1n) is 22.0. The van der Waals surface area contributed by atoms with Gasteiger partial charge in [0.25, 0.3) is 0 Å². The SMILES string of the molecule is CCCC[N+](C)(CCCC)CC(O)COc1cc2oc3cc(OCC(O)C[N+](C)(CCCC)CCCC)c(OC)c(CC=C(C)C)c3c(=O)c2c(O)c1CC=C(C)C. The van der Waals surface area contributed by atoms with Crippen molar-refractivity contribution in [2.24, 2.45) is 0 Å². The van der Waals surface area contributed by atoms with Crippen LogP contribution in [0.3, 0.4) is 0 Å². The van der Waals surface area contributed by atoms with Gasteiger partial charge in [-0.15, -0.1) is 0 Å². The monoisotopic (exact) mass is 811 g/mol. The average Bonchev–Trinajstić information content (AvgIpc) is 3.17. The van der Waals surface area contributed by atoms with Gasteiger partial charge in [-0.2, -0.15) is 0 Å². The lowest BCUT2D eigenvalue weighted by atomic mass is 9.98. The fourth-order valence-electron chi connectivity index (χ4n) is 7.91. The van der Waals surface area contributed by atoms with Gasteiger partial charge in [-0.3, -0.25) is 4.79 Å². The molecule has 0 aliphatic carbocycles. The van der Waals surface area contributed by atoms with Crippen LogP contribution in [0.15, 0.2) is 44.6 Å². The molecule has 0 fully saturated rings. The minimum absolute atomic E-state index is 0.0235. The predicted molar refractivity (Wildman–Crippen MR) is 239 cm³/mol. The molecule has 0 amide bonds. The van der Waals surface area contributed by atoms with Gasteiger partial charge in [0.15, 0.2) is 11.5 Å². The van der Waals surface area contributed by atoms with Crippen LogP contribution in [0.5, 0.6) is 23.0 Å². The van der Waals surface area contributed by atoms with E-state index >= 15 is 0 Å². The Labute approximate surface area is 349 Å². The first-order valence-corrected chi connectivity index (χ1v) is 22.0. The summed E-state index contributed by atoms with van der Waals surface area (Å²) < 4.78 is 26.7. The molecule has 1 heterocycles. The second kappa shape index (κ2) is 23.3. The van der Waals surface area contributed by atoms with E-state index in [1.807, 2.05) is 39.8 Å². The highest BCUT2D eigenvalue weighted by Gasteiger charge is 2.29. The van der Waals surface area contributed by atoms with Crippen LogP contribution in [0.4, 0.5) is 0 Å². The Hall–Kier alpha value is -3.57. The summed E-state index contributed by atoms with van der Waals surface area (Å²) in [6.07, 6.45) is 11.9. The summed E-state index contributed by atoms with van der Waals surface area (Å²) in [5.41, 5.74) is 3.19. The van der Waals surface area contributed by atoms with Crippen LogP contribution in [0.1, 0.15) is 118 Å². The van der Waals surface area contributed by atoms with Gasteiger partial charge in [-0.25, -0.2) is 0 Å². The quantitative estimate of drug-likeness (QED) is 0.0397. The minimum atomic E-state index is -0.744. The maximum atomic E-state index is 14.7. The van der Waals surface area contributed by atoms with Crippen molar-refractivity contribution in [3.05, 3.63) is 56.8 Å². The van der Waals surface area contributed by atoms with Crippen LogP contribution in [0.2, 0.25) is 0 Å². The van der Waals surface area contributed by atoms with Crippen molar-refractivity contribution < 1.29 is 42.9 Å². The van der Waals surface area contributed by atoms with E-state index in [0.29, 0.717) is 59.7 Å². The summed E-state index contributed by atoms with van der Waals surface area (Å²) in [5.74, 6) is 0.899. The Morgan fingerprint density at radius 1 is 0.690 bits per heavy atom. The summed E-state index contributed by atoms with van der Waals surface area (Å²) >= 11 is 0. The van der Waals surface area contributed by atoms with Gasteiger partial charge in [-0.05, 0) is 66.2 Å². The zero-order valence-electron chi connectivity index (χ0n) is 38.0. The van der Waals surface area contributed by atoms with Crippen LogP contribution in [-0.4, -0.2) is 110 Å². The van der Waals surface area contributed by atoms with E-state index in [1.54, 1.807) is 19.2 Å². The summed E-state index contributed by atoms with van der Waals surface area (Å²) in [6, 6.07) is 3.31. The summed E-state index contributed by atoms with van der Waals surface area (Å²) in [6.45, 7) is 21.8. The highest BCUT2D eigenvalue weighted by molar-refractivity contribution is 5.98. The molecule has 10 nitrogen and oxygen atoms in total. The van der Waals surface area contributed by atoms with Crippen molar-refractivity contribution in [3.63, 3.8) is 0 Å². The summed E-state index contributed by atoms with van der Waals surface area (Å²) in [4.78, 5) is 14.7. The summed E-state index contributed by atoms with van der Waals surface area (Å²) in [5, 5.41) is 34.9. The fraction of sp³-hybridized carbons (Fsp3) is 0.646. The maximum Gasteiger partial charge on any atom is 0.204 e. The lowest BCUT2D eigenvalue weighted by Gasteiger charge is -2.36. The van der Waals surface area contributed by atoms with Crippen molar-refractivity contribution >= 4 is 21.9 Å². The molecule has 1 aromatic heterocycles. The van der Waals surface area contributed by atoms with E-state index in [9.17, 15) is 20.1 Å². The predicted octanol–water partition coefficient (Wildman–Crippen LogP) is 9.25. The average molecular weight is 811 g/mol. The molecule has 2 atom stereocenters. The van der Waals surface area contributed by atoms with Gasteiger partial charge >= 0.3 is 0 Å². The third-order valence-electron chi connectivity index (χ3n) is 11.3. The number of benzene rings is 2. The molecule has 58 heavy (non-hydrogen) atoms. The van der Waals surface area contributed by atoms with Crippen molar-refractivity contribution in [1.82, 2.24) is 0 Å². The number of hydrogen-bond acceptors (Lipinski definition) is 8. The molecule has 3 rings (SSSR count). The Kier molecular flexibility index (Phi) is 19.6. The Morgan fingerprint density at radius 2 is 1.10 bits per heavy atom. The second-order valence-corrected chi connectivity index (χ2v) is 17.6. The number of unbranched alkanes of at least 4 members (excludes halogenated alkanes) is 4. The van der Waals surface area contributed by atoms with Crippen LogP contribution in [-0.2, 0) is 12.8 Å². The van der Waals surface area contributed by atoms with Crippen molar-refractivity contribution in [2.75, 3.05) is 73.7 Å². The molecule has 0 saturated heterocycles. The molecule has 0 spiro atoms. The standard InChI is InChI=1S/C48H77N2O8/c1-12-16-24-49(9,25-17-13-2)30-36(51)32-56-40-28-42-45(46(53)38(40)22-20-34(5)6)47(54)44-39(23-21-35(7)8)48(55-11)43(29-41(44)58-42)57-33-37(52)31-50(10,26-18-14-3)27-19-15-4/h20-21,28-29,36-37,51-52H,12-19,22-27,30-33H2,1-11H3/q+1/p+1. The van der Waals surface area contributed by atoms with Gasteiger partial charge in [0.05, 0.1) is 52.8 Å². The first kappa shape index (κ1) is 48.8. The lowest BCUT2D eigenvalue weighted by Crippen LogP contribution is -2.51. The number of nitrogens with zero attached hydrogens (tertiary/aromatic N) is 2. The smallest absolute Gasteiger partial charge is 0.204 e. The van der Waals surface area contributed by atoms with Gasteiger partial charge < -0.3 is 42.9 Å². The number of allylic oxidation sites excluding steroid dienone is 4. The largest absolute Gasteiger partial charge is 0.507 e. The number of quaternary nitrogens is 2. The van der Waals surface area contributed by atoms with Crippen LogP contribution in [0, 0.1) is 0 Å². The third kappa shape index (κ3) is 13.7. The summed E-state index contributed by atoms with van der Waals surface area (Å²) in [7, 11) is 5.96. The number of fused-ring (bicyclic) bond motifs is 2. The molecule has 0 radical (unpaired) electrons. The Bertz CT molecular complexity index is 1860. The van der Waals surface area contributed by atoms with Gasteiger partial charge in [-0.1, -0.05) is 76.7 Å². The molecular weight excluding hydrogens is 733 g/mol. The third-order valence-corrected chi connectivity index (χ3v) is 11.3.